The molecule has 1 N–H and O–H groups in total. The molecule has 0 aliphatic rings. The van der Waals surface area contributed by atoms with Crippen molar-refractivity contribution >= 4 is 28.1 Å². The van der Waals surface area contributed by atoms with Crippen molar-refractivity contribution in [2.75, 3.05) is 0 Å². The second-order valence-corrected chi connectivity index (χ2v) is 3.13. The molecule has 1 rings (SSSR count). The van der Waals surface area contributed by atoms with E-state index in [0.717, 1.165) is 0 Å². The van der Waals surface area contributed by atoms with Crippen LogP contribution in [-0.2, 0) is 0 Å². The number of nitrogens with one attached hydrogen (secondary N) is 1. The van der Waals surface area contributed by atoms with Crippen molar-refractivity contribution in [1.29, 1.82) is 0 Å². The second-order valence-electron chi connectivity index (χ2n) is 2.35. The molecule has 0 aliphatic heterocycles. The molecule has 0 atom stereocenters. The summed E-state index contributed by atoms with van der Waals surface area (Å²) < 4.78 is 5.53. The number of rotatable bonds is 3. The van der Waals surface area contributed by atoms with Gasteiger partial charge in [-0.3, -0.25) is 4.79 Å². The minimum Gasteiger partial charge on any atom is -0.444 e. The Morgan fingerprint density at radius 3 is 3.00 bits per heavy atom. The van der Waals surface area contributed by atoms with Crippen LogP contribution < -0.4 is 5.43 Å². The molecule has 0 radical (unpaired) electrons. The maximum absolute atomic E-state index is 11.3. The van der Waals surface area contributed by atoms with E-state index in [1.165, 1.54) is 6.21 Å². The number of hydrazone groups is 1. The van der Waals surface area contributed by atoms with Gasteiger partial charge in [0.2, 0.25) is 0 Å². The molecule has 1 aromatic rings. The smallest absolute Gasteiger partial charge is 0.307 e. The predicted molar refractivity (Wildman–Crippen MR) is 57.2 cm³/mol. The molecule has 0 aromatic carbocycles. The molecule has 1 amide bonds. The highest BCUT2D eigenvalue weighted by atomic mass is 79.9. The summed E-state index contributed by atoms with van der Waals surface area (Å²) in [7, 11) is 0. The summed E-state index contributed by atoms with van der Waals surface area (Å²) in [6.07, 6.45) is 4.99. The van der Waals surface area contributed by atoms with E-state index in [1.807, 2.05) is 6.92 Å². The third-order valence-corrected chi connectivity index (χ3v) is 1.74. The monoisotopic (exact) mass is 256 g/mol. The van der Waals surface area contributed by atoms with E-state index >= 15 is 0 Å². The summed E-state index contributed by atoms with van der Waals surface area (Å²) in [5.74, 6) is -0.161. The van der Waals surface area contributed by atoms with Gasteiger partial charge >= 0.3 is 5.91 Å². The van der Waals surface area contributed by atoms with Gasteiger partial charge in [-0.15, -0.1) is 0 Å². The summed E-state index contributed by atoms with van der Waals surface area (Å²) in [5, 5.41) is 3.66. The SMILES string of the molecule is CC=CC=NNC(=O)c1ccc(Br)o1. The highest BCUT2D eigenvalue weighted by molar-refractivity contribution is 9.10. The lowest BCUT2D eigenvalue weighted by molar-refractivity contribution is 0.0926. The second kappa shape index (κ2) is 5.39. The van der Waals surface area contributed by atoms with Gasteiger partial charge in [0.15, 0.2) is 10.4 Å². The van der Waals surface area contributed by atoms with Gasteiger partial charge < -0.3 is 4.42 Å². The number of carbonyl (C=O) groups is 1. The third kappa shape index (κ3) is 3.18. The number of allylic oxidation sites excluding steroid dienone is 2. The van der Waals surface area contributed by atoms with Crippen LogP contribution in [0.2, 0.25) is 0 Å². The average molecular weight is 257 g/mol. The number of amides is 1. The lowest BCUT2D eigenvalue weighted by Gasteiger charge is -1.92. The van der Waals surface area contributed by atoms with Gasteiger partial charge in [0.1, 0.15) is 0 Å². The molecular weight excluding hydrogens is 248 g/mol. The minimum absolute atomic E-state index is 0.217. The predicted octanol–water partition coefficient (Wildman–Crippen LogP) is 2.33. The highest BCUT2D eigenvalue weighted by Gasteiger charge is 2.08. The van der Waals surface area contributed by atoms with Gasteiger partial charge in [0.25, 0.3) is 0 Å². The number of nitrogens with zero attached hydrogens (tertiary/aromatic N) is 1. The van der Waals surface area contributed by atoms with Crippen LogP contribution in [0.1, 0.15) is 17.5 Å². The number of halogens is 1. The van der Waals surface area contributed by atoms with Crippen molar-refractivity contribution in [3.8, 4) is 0 Å². The molecule has 0 unspecified atom stereocenters. The first-order valence-corrected chi connectivity index (χ1v) is 4.73. The average Bonchev–Trinajstić information content (AvgIpc) is 2.59. The number of hydrogen-bond donors (Lipinski definition) is 1. The van der Waals surface area contributed by atoms with Crippen molar-refractivity contribution in [2.24, 2.45) is 5.10 Å². The Labute approximate surface area is 89.8 Å². The normalized spacial score (nSPS) is 11.3. The number of furan rings is 1. The van der Waals surface area contributed by atoms with Crippen LogP contribution in [0.3, 0.4) is 0 Å². The third-order valence-electron chi connectivity index (χ3n) is 1.32. The fourth-order valence-corrected chi connectivity index (χ4v) is 1.02. The van der Waals surface area contributed by atoms with Crippen molar-refractivity contribution in [3.63, 3.8) is 0 Å². The van der Waals surface area contributed by atoms with E-state index in [2.05, 4.69) is 26.5 Å². The first-order chi connectivity index (χ1) is 6.74. The Bertz CT molecular complexity index is 369. The quantitative estimate of drug-likeness (QED) is 0.667. The zero-order valence-corrected chi connectivity index (χ0v) is 9.11. The fourth-order valence-electron chi connectivity index (χ4n) is 0.716. The Hall–Kier alpha value is -1.36. The van der Waals surface area contributed by atoms with Crippen LogP contribution >= 0.6 is 15.9 Å². The highest BCUT2D eigenvalue weighted by Crippen LogP contribution is 2.13. The molecular formula is C9H9BrN2O2. The van der Waals surface area contributed by atoms with Gasteiger partial charge in [0, 0.05) is 6.21 Å². The summed E-state index contributed by atoms with van der Waals surface area (Å²) in [6, 6.07) is 3.20. The van der Waals surface area contributed by atoms with E-state index in [4.69, 9.17) is 4.42 Å². The zero-order chi connectivity index (χ0) is 10.4. The molecule has 1 heterocycles. The zero-order valence-electron chi connectivity index (χ0n) is 7.53. The van der Waals surface area contributed by atoms with Crippen molar-refractivity contribution < 1.29 is 9.21 Å². The van der Waals surface area contributed by atoms with Crippen molar-refractivity contribution in [3.05, 3.63) is 34.7 Å². The van der Waals surface area contributed by atoms with Crippen molar-refractivity contribution in [1.82, 2.24) is 5.43 Å². The van der Waals surface area contributed by atoms with Crippen molar-refractivity contribution in [2.45, 2.75) is 6.92 Å². The molecule has 14 heavy (non-hydrogen) atoms. The number of hydrogen-bond acceptors (Lipinski definition) is 3. The lowest BCUT2D eigenvalue weighted by Crippen LogP contribution is -2.16. The van der Waals surface area contributed by atoms with Gasteiger partial charge in [-0.25, -0.2) is 5.43 Å². The first-order valence-electron chi connectivity index (χ1n) is 3.94. The van der Waals surface area contributed by atoms with Gasteiger partial charge in [-0.1, -0.05) is 6.08 Å². The largest absolute Gasteiger partial charge is 0.444 e. The van der Waals surface area contributed by atoms with Crippen LogP contribution in [-0.4, -0.2) is 12.1 Å². The van der Waals surface area contributed by atoms with E-state index in [9.17, 15) is 4.79 Å². The fraction of sp³-hybridized carbons (Fsp3) is 0.111. The van der Waals surface area contributed by atoms with Crippen LogP contribution in [0.5, 0.6) is 0 Å². The molecule has 0 fully saturated rings. The maximum Gasteiger partial charge on any atom is 0.307 e. The Morgan fingerprint density at radius 1 is 1.64 bits per heavy atom. The lowest BCUT2D eigenvalue weighted by atomic mass is 10.4. The molecule has 0 saturated carbocycles. The molecule has 0 saturated heterocycles. The van der Waals surface area contributed by atoms with E-state index in [0.29, 0.717) is 4.67 Å². The Kier molecular flexibility index (Phi) is 4.12. The molecule has 0 aliphatic carbocycles. The van der Waals surface area contributed by atoms with Crippen LogP contribution in [0.15, 0.2) is 38.5 Å². The van der Waals surface area contributed by atoms with E-state index in [1.54, 1.807) is 24.3 Å². The van der Waals surface area contributed by atoms with Gasteiger partial charge in [-0.05, 0) is 41.1 Å². The van der Waals surface area contributed by atoms with Crippen LogP contribution in [0, 0.1) is 0 Å². The molecule has 0 spiro atoms. The summed E-state index contributed by atoms with van der Waals surface area (Å²) in [5.41, 5.74) is 2.31. The summed E-state index contributed by atoms with van der Waals surface area (Å²) in [4.78, 5) is 11.3. The topological polar surface area (TPSA) is 54.6 Å². The van der Waals surface area contributed by atoms with Gasteiger partial charge in [-0.2, -0.15) is 5.10 Å². The van der Waals surface area contributed by atoms with Crippen LogP contribution in [0.4, 0.5) is 0 Å². The molecule has 0 bridgehead atoms. The number of carbonyl (C=O) groups excluding carboxylic acids is 1. The van der Waals surface area contributed by atoms with Crippen LogP contribution in [0.25, 0.3) is 0 Å². The van der Waals surface area contributed by atoms with E-state index in [-0.39, 0.29) is 11.7 Å². The molecule has 74 valence electrons. The van der Waals surface area contributed by atoms with Gasteiger partial charge in [0.05, 0.1) is 0 Å². The summed E-state index contributed by atoms with van der Waals surface area (Å²) >= 11 is 3.10. The molecule has 4 nitrogen and oxygen atoms in total. The summed E-state index contributed by atoms with van der Waals surface area (Å²) in [6.45, 7) is 1.86. The minimum atomic E-state index is -0.378. The Morgan fingerprint density at radius 2 is 2.43 bits per heavy atom. The first kappa shape index (κ1) is 10.7. The van der Waals surface area contributed by atoms with E-state index < -0.39 is 0 Å². The molecule has 1 aromatic heterocycles. The molecule has 5 heteroatoms. The maximum atomic E-state index is 11.3. The standard InChI is InChI=1S/C9H9BrN2O2/c1-2-3-6-11-12-9(13)7-4-5-8(10)14-7/h2-6H,1H3,(H,12,13). The Balaban J connectivity index is 2.51.